The van der Waals surface area contributed by atoms with Crippen LogP contribution >= 0.6 is 11.8 Å². The largest absolute Gasteiger partial charge is 0.493 e. The Morgan fingerprint density at radius 3 is 2.33 bits per heavy atom. The van der Waals surface area contributed by atoms with E-state index in [2.05, 4.69) is 16.0 Å². The van der Waals surface area contributed by atoms with E-state index in [0.29, 0.717) is 30.9 Å². The number of aromatic nitrogens is 2. The molecule has 36 heavy (non-hydrogen) atoms. The third-order valence-corrected chi connectivity index (χ3v) is 6.40. The van der Waals surface area contributed by atoms with Crippen molar-refractivity contribution in [3.05, 3.63) is 53.4 Å². The molecule has 0 bridgehead atoms. The van der Waals surface area contributed by atoms with Gasteiger partial charge in [0, 0.05) is 41.6 Å². The lowest BCUT2D eigenvalue weighted by atomic mass is 9.74. The lowest BCUT2D eigenvalue weighted by Gasteiger charge is -2.37. The van der Waals surface area contributed by atoms with Crippen LogP contribution in [0, 0.1) is 0 Å². The standard InChI is InChI=1S/C21H25N3O3S.C4H4O4/c1-4-27-19-8-14-15-7-13(25)5-6-17(15)24-20(16(14)9-18(19)26-2)12-10-22-21(28-3)23-11-12;5-3(6)1-2-4(7)8/h8-11,13,15,17,25H,4-7H2,1-3H3;1-2H,(H,5,6)(H,7,8)/b;2-1-/t13-,15-,17-;/m1./s1. The zero-order valence-corrected chi connectivity index (χ0v) is 21.1. The summed E-state index contributed by atoms with van der Waals surface area (Å²) >= 11 is 1.52. The second-order valence-electron chi connectivity index (χ2n) is 8.11. The number of hydrogen-bond donors (Lipinski definition) is 3. The molecular weight excluding hydrogens is 486 g/mol. The molecular formula is C25H29N3O7S. The number of carbonyl (C=O) groups is 2. The normalized spacial score (nSPS) is 20.3. The van der Waals surface area contributed by atoms with Gasteiger partial charge in [-0.3, -0.25) is 4.99 Å². The molecule has 11 heteroatoms. The molecule has 2 heterocycles. The molecule has 1 saturated carbocycles. The van der Waals surface area contributed by atoms with E-state index in [1.165, 1.54) is 11.8 Å². The average Bonchev–Trinajstić information content (AvgIpc) is 2.87. The van der Waals surface area contributed by atoms with Gasteiger partial charge in [0.15, 0.2) is 16.7 Å². The number of nitrogens with zero attached hydrogens (tertiary/aromatic N) is 3. The smallest absolute Gasteiger partial charge is 0.328 e. The van der Waals surface area contributed by atoms with Crippen LogP contribution < -0.4 is 9.47 Å². The zero-order chi connectivity index (χ0) is 26.2. The number of fused-ring (bicyclic) bond motifs is 3. The Labute approximate surface area is 213 Å². The summed E-state index contributed by atoms with van der Waals surface area (Å²) in [5.41, 5.74) is 3.96. The van der Waals surface area contributed by atoms with E-state index in [-0.39, 0.29) is 18.1 Å². The van der Waals surface area contributed by atoms with Crippen LogP contribution in [0.3, 0.4) is 0 Å². The summed E-state index contributed by atoms with van der Waals surface area (Å²) in [7, 11) is 1.65. The SMILES string of the molecule is CCOc1cc2c(cc1OC)C(c1cnc(SC)nc1)=N[C@@H]1CC[C@@H](O)C[C@H]21.O=C(O)/C=C\C(=O)O. The molecule has 0 spiro atoms. The van der Waals surface area contributed by atoms with Gasteiger partial charge in [-0.15, -0.1) is 0 Å². The van der Waals surface area contributed by atoms with Crippen LogP contribution in [0.5, 0.6) is 11.5 Å². The highest BCUT2D eigenvalue weighted by Gasteiger charge is 2.37. The first-order valence-electron chi connectivity index (χ1n) is 11.4. The average molecular weight is 516 g/mol. The highest BCUT2D eigenvalue weighted by Crippen LogP contribution is 2.44. The molecule has 1 aliphatic carbocycles. The number of aliphatic hydroxyl groups excluding tert-OH is 1. The Morgan fingerprint density at radius 2 is 1.78 bits per heavy atom. The number of carboxylic acids is 2. The Bertz CT molecular complexity index is 1140. The predicted molar refractivity (Wildman–Crippen MR) is 134 cm³/mol. The molecule has 192 valence electrons. The van der Waals surface area contributed by atoms with Crippen molar-refractivity contribution >= 4 is 29.4 Å². The minimum Gasteiger partial charge on any atom is -0.493 e. The van der Waals surface area contributed by atoms with Crippen molar-refractivity contribution in [3.63, 3.8) is 0 Å². The molecule has 3 atom stereocenters. The van der Waals surface area contributed by atoms with E-state index in [1.807, 2.05) is 31.6 Å². The first-order chi connectivity index (χ1) is 17.3. The second kappa shape index (κ2) is 12.5. The fourth-order valence-electron chi connectivity index (χ4n) is 4.29. The Hall–Kier alpha value is -3.44. The monoisotopic (exact) mass is 515 g/mol. The van der Waals surface area contributed by atoms with Crippen LogP contribution in [0.1, 0.15) is 48.8 Å². The van der Waals surface area contributed by atoms with Crippen molar-refractivity contribution in [1.29, 1.82) is 0 Å². The number of carboxylic acid groups (broad SMARTS) is 2. The van der Waals surface area contributed by atoms with Gasteiger partial charge < -0.3 is 24.8 Å². The van der Waals surface area contributed by atoms with Crippen molar-refractivity contribution in [3.8, 4) is 11.5 Å². The van der Waals surface area contributed by atoms with Crippen molar-refractivity contribution in [2.75, 3.05) is 20.0 Å². The number of thioether (sulfide) groups is 1. The molecule has 2 aliphatic rings. The predicted octanol–water partition coefficient (Wildman–Crippen LogP) is 3.17. The summed E-state index contributed by atoms with van der Waals surface area (Å²) in [5, 5.41) is 26.6. The van der Waals surface area contributed by atoms with E-state index in [1.54, 1.807) is 7.11 Å². The summed E-state index contributed by atoms with van der Waals surface area (Å²) in [6.45, 7) is 2.53. The number of aliphatic imine (C=N–C) groups is 1. The fraction of sp³-hybridized carbons (Fsp3) is 0.400. The topological polar surface area (TPSA) is 151 Å². The number of aliphatic hydroxyl groups is 1. The summed E-state index contributed by atoms with van der Waals surface area (Å²) in [4.78, 5) is 33.0. The Balaban J connectivity index is 0.000000392. The van der Waals surface area contributed by atoms with E-state index in [4.69, 9.17) is 24.7 Å². The lowest BCUT2D eigenvalue weighted by Crippen LogP contribution is -2.34. The van der Waals surface area contributed by atoms with Crippen LogP contribution in [0.2, 0.25) is 0 Å². The van der Waals surface area contributed by atoms with Crippen LogP contribution in [-0.2, 0) is 9.59 Å². The number of hydrogen-bond acceptors (Lipinski definition) is 9. The molecule has 1 fully saturated rings. The van der Waals surface area contributed by atoms with Crippen molar-refractivity contribution in [1.82, 2.24) is 9.97 Å². The molecule has 0 unspecified atom stereocenters. The van der Waals surface area contributed by atoms with Gasteiger partial charge in [-0.05, 0) is 50.1 Å². The lowest BCUT2D eigenvalue weighted by molar-refractivity contribution is -0.134. The van der Waals surface area contributed by atoms with Gasteiger partial charge in [0.2, 0.25) is 0 Å². The first-order valence-corrected chi connectivity index (χ1v) is 12.6. The van der Waals surface area contributed by atoms with Crippen LogP contribution in [0.25, 0.3) is 0 Å². The molecule has 0 amide bonds. The third kappa shape index (κ3) is 6.61. The van der Waals surface area contributed by atoms with Gasteiger partial charge in [-0.2, -0.15) is 0 Å². The number of rotatable bonds is 7. The Morgan fingerprint density at radius 1 is 1.11 bits per heavy atom. The minimum atomic E-state index is -1.26. The fourth-order valence-corrected chi connectivity index (χ4v) is 4.60. The maximum absolute atomic E-state index is 10.3. The maximum Gasteiger partial charge on any atom is 0.328 e. The van der Waals surface area contributed by atoms with Gasteiger partial charge in [-0.1, -0.05) is 11.8 Å². The van der Waals surface area contributed by atoms with Crippen molar-refractivity contribution in [2.24, 2.45) is 4.99 Å². The number of methoxy groups -OCH3 is 1. The summed E-state index contributed by atoms with van der Waals surface area (Å²) in [6.07, 6.45) is 8.83. The molecule has 1 aromatic carbocycles. The Kier molecular flexibility index (Phi) is 9.43. The first kappa shape index (κ1) is 27.2. The van der Waals surface area contributed by atoms with Crippen LogP contribution in [-0.4, -0.2) is 75.1 Å². The molecule has 1 aliphatic heterocycles. The second-order valence-corrected chi connectivity index (χ2v) is 8.88. The van der Waals surface area contributed by atoms with E-state index in [9.17, 15) is 14.7 Å². The summed E-state index contributed by atoms with van der Waals surface area (Å²) in [5.74, 6) is -0.915. The highest BCUT2D eigenvalue weighted by atomic mass is 32.2. The van der Waals surface area contributed by atoms with Gasteiger partial charge >= 0.3 is 11.9 Å². The molecule has 3 N–H and O–H groups in total. The number of ether oxygens (including phenoxy) is 2. The van der Waals surface area contributed by atoms with Crippen molar-refractivity contribution < 1.29 is 34.4 Å². The van der Waals surface area contributed by atoms with E-state index >= 15 is 0 Å². The maximum atomic E-state index is 10.3. The van der Waals surface area contributed by atoms with Gasteiger partial charge in [-0.25, -0.2) is 19.6 Å². The van der Waals surface area contributed by atoms with E-state index in [0.717, 1.165) is 46.1 Å². The summed E-state index contributed by atoms with van der Waals surface area (Å²) < 4.78 is 11.4. The summed E-state index contributed by atoms with van der Waals surface area (Å²) in [6, 6.07) is 4.21. The molecule has 2 aromatic rings. The third-order valence-electron chi connectivity index (χ3n) is 5.82. The number of benzene rings is 1. The quantitative estimate of drug-likeness (QED) is 0.285. The van der Waals surface area contributed by atoms with Crippen molar-refractivity contribution in [2.45, 2.75) is 49.4 Å². The van der Waals surface area contributed by atoms with E-state index < -0.39 is 11.9 Å². The zero-order valence-electron chi connectivity index (χ0n) is 20.2. The molecule has 4 rings (SSSR count). The number of aliphatic carboxylic acids is 2. The van der Waals surface area contributed by atoms with Gasteiger partial charge in [0.25, 0.3) is 0 Å². The van der Waals surface area contributed by atoms with Gasteiger partial charge in [0.05, 0.1) is 31.6 Å². The molecule has 1 aromatic heterocycles. The molecule has 10 nitrogen and oxygen atoms in total. The molecule has 0 saturated heterocycles. The van der Waals surface area contributed by atoms with Gasteiger partial charge in [0.1, 0.15) is 0 Å². The van der Waals surface area contributed by atoms with Crippen LogP contribution in [0.15, 0.2) is 46.8 Å². The minimum absolute atomic E-state index is 0.147. The van der Waals surface area contributed by atoms with Crippen LogP contribution in [0.4, 0.5) is 0 Å². The molecule has 0 radical (unpaired) electrons. The highest BCUT2D eigenvalue weighted by molar-refractivity contribution is 7.98.